The van der Waals surface area contributed by atoms with Crippen LogP contribution in [0.25, 0.3) is 10.8 Å². The van der Waals surface area contributed by atoms with Crippen molar-refractivity contribution in [2.24, 2.45) is 0 Å². The molecule has 0 aliphatic carbocycles. The van der Waals surface area contributed by atoms with Crippen LogP contribution in [0.1, 0.15) is 16.8 Å². The smallest absolute Gasteiger partial charge is 0.260 e. The fourth-order valence-corrected chi connectivity index (χ4v) is 2.36. The van der Waals surface area contributed by atoms with E-state index in [-0.39, 0.29) is 5.91 Å². The average molecular weight is 318 g/mol. The number of fused-ring (bicyclic) bond motifs is 1. The number of nitrogens with zero attached hydrogens (tertiary/aromatic N) is 2. The lowest BCUT2D eigenvalue weighted by molar-refractivity contribution is 0.102. The van der Waals surface area contributed by atoms with Crippen molar-refractivity contribution in [3.8, 4) is 0 Å². The quantitative estimate of drug-likeness (QED) is 0.535. The summed E-state index contributed by atoms with van der Waals surface area (Å²) >= 11 is 0. The molecule has 1 amide bonds. The van der Waals surface area contributed by atoms with Gasteiger partial charge in [0.15, 0.2) is 0 Å². The van der Waals surface area contributed by atoms with Crippen molar-refractivity contribution < 1.29 is 4.79 Å². The molecule has 5 nitrogen and oxygen atoms in total. The van der Waals surface area contributed by atoms with Crippen LogP contribution in [0.15, 0.2) is 67.5 Å². The van der Waals surface area contributed by atoms with E-state index in [1.807, 2.05) is 36.4 Å². The van der Waals surface area contributed by atoms with Crippen molar-refractivity contribution >= 4 is 28.3 Å². The van der Waals surface area contributed by atoms with Crippen LogP contribution in [-0.4, -0.2) is 22.4 Å². The van der Waals surface area contributed by atoms with E-state index in [9.17, 15) is 4.79 Å². The topological polar surface area (TPSA) is 66.9 Å². The summed E-state index contributed by atoms with van der Waals surface area (Å²) in [5.74, 6) is 0.823. The molecule has 2 heterocycles. The lowest BCUT2D eigenvalue weighted by Gasteiger charge is -2.10. The maximum Gasteiger partial charge on any atom is 0.260 e. The SMILES string of the molecule is C=CCCNc1ncccc1C(=O)Nc1cc2ccccc2cn1. The predicted molar refractivity (Wildman–Crippen MR) is 97.2 cm³/mol. The third-order valence-electron chi connectivity index (χ3n) is 3.57. The molecule has 0 aliphatic heterocycles. The van der Waals surface area contributed by atoms with Gasteiger partial charge in [-0.15, -0.1) is 6.58 Å². The van der Waals surface area contributed by atoms with Crippen LogP contribution in [0.5, 0.6) is 0 Å². The Morgan fingerprint density at radius 3 is 2.79 bits per heavy atom. The fraction of sp³-hybridized carbons (Fsp3) is 0.105. The van der Waals surface area contributed by atoms with Crippen LogP contribution in [0, 0.1) is 0 Å². The molecule has 3 aromatic rings. The van der Waals surface area contributed by atoms with Gasteiger partial charge in [0.25, 0.3) is 5.91 Å². The number of carbonyl (C=O) groups excluding carboxylic acids is 1. The van der Waals surface area contributed by atoms with E-state index >= 15 is 0 Å². The van der Waals surface area contributed by atoms with Gasteiger partial charge in [-0.05, 0) is 30.0 Å². The van der Waals surface area contributed by atoms with Crippen LogP contribution in [0.3, 0.4) is 0 Å². The highest BCUT2D eigenvalue weighted by atomic mass is 16.1. The Morgan fingerprint density at radius 1 is 1.12 bits per heavy atom. The van der Waals surface area contributed by atoms with Gasteiger partial charge in [-0.25, -0.2) is 9.97 Å². The Hall–Kier alpha value is -3.21. The molecule has 0 unspecified atom stereocenters. The first kappa shape index (κ1) is 15.7. The van der Waals surface area contributed by atoms with E-state index in [4.69, 9.17) is 0 Å². The van der Waals surface area contributed by atoms with Crippen molar-refractivity contribution in [1.29, 1.82) is 0 Å². The highest BCUT2D eigenvalue weighted by molar-refractivity contribution is 6.07. The van der Waals surface area contributed by atoms with Gasteiger partial charge in [0, 0.05) is 24.3 Å². The standard InChI is InChI=1S/C19H18N4O/c1-2-3-10-20-18-16(9-6-11-21-18)19(24)23-17-12-14-7-4-5-8-15(14)13-22-17/h2,4-9,11-13H,1,3,10H2,(H,20,21)(H,22,23,24). The molecule has 0 saturated heterocycles. The number of rotatable bonds is 6. The Labute approximate surface area is 140 Å². The summed E-state index contributed by atoms with van der Waals surface area (Å²) < 4.78 is 0. The molecule has 1 aromatic carbocycles. The molecule has 0 atom stereocenters. The van der Waals surface area contributed by atoms with E-state index in [1.54, 1.807) is 24.5 Å². The van der Waals surface area contributed by atoms with E-state index in [0.29, 0.717) is 23.7 Å². The van der Waals surface area contributed by atoms with E-state index < -0.39 is 0 Å². The third kappa shape index (κ3) is 3.57. The van der Waals surface area contributed by atoms with Crippen molar-refractivity contribution in [1.82, 2.24) is 9.97 Å². The Morgan fingerprint density at radius 2 is 1.96 bits per heavy atom. The van der Waals surface area contributed by atoms with Crippen molar-refractivity contribution in [3.63, 3.8) is 0 Å². The first-order chi connectivity index (χ1) is 11.8. The van der Waals surface area contributed by atoms with Gasteiger partial charge in [-0.2, -0.15) is 0 Å². The van der Waals surface area contributed by atoms with Crippen LogP contribution in [-0.2, 0) is 0 Å². The largest absolute Gasteiger partial charge is 0.369 e. The number of pyridine rings is 2. The second kappa shape index (κ2) is 7.37. The zero-order valence-electron chi connectivity index (χ0n) is 13.2. The molecule has 0 spiro atoms. The molecule has 0 saturated carbocycles. The molecule has 5 heteroatoms. The van der Waals surface area contributed by atoms with Crippen molar-refractivity contribution in [2.75, 3.05) is 17.2 Å². The number of hydrogen-bond acceptors (Lipinski definition) is 4. The van der Waals surface area contributed by atoms with Gasteiger partial charge in [0.2, 0.25) is 0 Å². The molecule has 0 aliphatic rings. The molecular formula is C19H18N4O. The maximum absolute atomic E-state index is 12.6. The molecule has 120 valence electrons. The first-order valence-corrected chi connectivity index (χ1v) is 7.74. The zero-order valence-corrected chi connectivity index (χ0v) is 13.2. The summed E-state index contributed by atoms with van der Waals surface area (Å²) in [6.07, 6.45) is 6.01. The zero-order chi connectivity index (χ0) is 16.8. The second-order valence-corrected chi connectivity index (χ2v) is 5.27. The van der Waals surface area contributed by atoms with Crippen LogP contribution >= 0.6 is 0 Å². The van der Waals surface area contributed by atoms with Gasteiger partial charge in [-0.1, -0.05) is 30.3 Å². The Balaban J connectivity index is 1.79. The van der Waals surface area contributed by atoms with Gasteiger partial charge in [0.1, 0.15) is 11.6 Å². The lowest BCUT2D eigenvalue weighted by Crippen LogP contribution is -2.16. The summed E-state index contributed by atoms with van der Waals surface area (Å²) in [6.45, 7) is 4.36. The number of hydrogen-bond donors (Lipinski definition) is 2. The van der Waals surface area contributed by atoms with Crippen molar-refractivity contribution in [3.05, 3.63) is 73.1 Å². The molecule has 0 fully saturated rings. The minimum atomic E-state index is -0.244. The fourth-order valence-electron chi connectivity index (χ4n) is 2.36. The predicted octanol–water partition coefficient (Wildman–Crippen LogP) is 3.87. The summed E-state index contributed by atoms with van der Waals surface area (Å²) in [4.78, 5) is 21.1. The molecule has 24 heavy (non-hydrogen) atoms. The summed E-state index contributed by atoms with van der Waals surface area (Å²) in [7, 11) is 0. The number of aromatic nitrogens is 2. The Kier molecular flexibility index (Phi) is 4.81. The average Bonchev–Trinajstić information content (AvgIpc) is 2.62. The molecule has 0 bridgehead atoms. The number of carbonyl (C=O) groups is 1. The lowest BCUT2D eigenvalue weighted by atomic mass is 10.2. The van der Waals surface area contributed by atoms with Crippen LogP contribution in [0.4, 0.5) is 11.6 Å². The number of anilines is 2. The minimum absolute atomic E-state index is 0.244. The monoisotopic (exact) mass is 318 g/mol. The third-order valence-corrected chi connectivity index (χ3v) is 3.57. The molecule has 2 N–H and O–H groups in total. The summed E-state index contributed by atoms with van der Waals surface area (Å²) in [5, 5.41) is 8.04. The van der Waals surface area contributed by atoms with Crippen molar-refractivity contribution in [2.45, 2.75) is 6.42 Å². The molecular weight excluding hydrogens is 300 g/mol. The molecule has 3 rings (SSSR count). The van der Waals surface area contributed by atoms with Gasteiger partial charge in [0.05, 0.1) is 5.56 Å². The van der Waals surface area contributed by atoms with E-state index in [2.05, 4.69) is 27.2 Å². The van der Waals surface area contributed by atoms with Crippen LogP contribution in [0.2, 0.25) is 0 Å². The minimum Gasteiger partial charge on any atom is -0.369 e. The van der Waals surface area contributed by atoms with Gasteiger partial charge in [-0.3, -0.25) is 4.79 Å². The van der Waals surface area contributed by atoms with Crippen LogP contribution < -0.4 is 10.6 Å². The summed E-state index contributed by atoms with van der Waals surface area (Å²) in [5.41, 5.74) is 0.483. The van der Waals surface area contributed by atoms with E-state index in [0.717, 1.165) is 17.2 Å². The van der Waals surface area contributed by atoms with E-state index in [1.165, 1.54) is 0 Å². The first-order valence-electron chi connectivity index (χ1n) is 7.74. The number of amides is 1. The van der Waals surface area contributed by atoms with Gasteiger partial charge < -0.3 is 10.6 Å². The van der Waals surface area contributed by atoms with Gasteiger partial charge >= 0.3 is 0 Å². The molecule has 2 aromatic heterocycles. The highest BCUT2D eigenvalue weighted by Gasteiger charge is 2.12. The number of nitrogens with one attached hydrogen (secondary N) is 2. The second-order valence-electron chi connectivity index (χ2n) is 5.27. The Bertz CT molecular complexity index is 876. The summed E-state index contributed by atoms with van der Waals surface area (Å²) in [6, 6.07) is 13.2. The normalized spacial score (nSPS) is 10.3. The number of benzene rings is 1. The maximum atomic E-state index is 12.6. The highest BCUT2D eigenvalue weighted by Crippen LogP contribution is 2.18. The molecule has 0 radical (unpaired) electrons.